The van der Waals surface area contributed by atoms with Gasteiger partial charge in [-0.15, -0.1) is 0 Å². The van der Waals surface area contributed by atoms with Crippen molar-refractivity contribution in [2.24, 2.45) is 0 Å². The molecule has 0 saturated heterocycles. The largest absolute Gasteiger partial charge is 0.463 e. The second kappa shape index (κ2) is 3.85. The summed E-state index contributed by atoms with van der Waals surface area (Å²) < 4.78 is 4.32. The van der Waals surface area contributed by atoms with Gasteiger partial charge in [-0.05, 0) is 13.0 Å². The molecule has 3 nitrogen and oxygen atoms in total. The first-order valence-electron chi connectivity index (χ1n) is 3.84. The summed E-state index contributed by atoms with van der Waals surface area (Å²) in [4.78, 5) is 22.1. The van der Waals surface area contributed by atoms with Crippen molar-refractivity contribution in [1.29, 1.82) is 0 Å². The Kier molecular flexibility index (Phi) is 2.80. The Bertz CT molecular complexity index is 342. The van der Waals surface area contributed by atoms with E-state index in [-0.39, 0.29) is 0 Å². The monoisotopic (exact) mass is 178 g/mol. The minimum Gasteiger partial charge on any atom is -0.463 e. The van der Waals surface area contributed by atoms with Crippen LogP contribution in [0.5, 0.6) is 0 Å². The van der Waals surface area contributed by atoms with E-state index >= 15 is 0 Å². The highest BCUT2D eigenvalue weighted by atomic mass is 16.5. The summed E-state index contributed by atoms with van der Waals surface area (Å²) in [5.74, 6) is -1.43. The van der Waals surface area contributed by atoms with Crippen LogP contribution in [0.2, 0.25) is 0 Å². The number of rotatable bonds is 2. The van der Waals surface area contributed by atoms with Crippen molar-refractivity contribution in [1.82, 2.24) is 0 Å². The zero-order chi connectivity index (χ0) is 9.84. The molecule has 13 heavy (non-hydrogen) atoms. The third-order valence-corrected chi connectivity index (χ3v) is 1.65. The molecule has 0 aliphatic heterocycles. The van der Waals surface area contributed by atoms with Crippen LogP contribution in [0.15, 0.2) is 24.3 Å². The van der Waals surface area contributed by atoms with E-state index in [1.807, 2.05) is 13.0 Å². The van der Waals surface area contributed by atoms with Crippen molar-refractivity contribution in [2.45, 2.75) is 6.92 Å². The lowest BCUT2D eigenvalue weighted by atomic mass is 10.1. The van der Waals surface area contributed by atoms with Gasteiger partial charge in [0.25, 0.3) is 5.78 Å². The van der Waals surface area contributed by atoms with E-state index < -0.39 is 11.8 Å². The van der Waals surface area contributed by atoms with E-state index in [2.05, 4.69) is 4.74 Å². The van der Waals surface area contributed by atoms with Crippen LogP contribution in [0.1, 0.15) is 15.9 Å². The summed E-state index contributed by atoms with van der Waals surface area (Å²) in [6, 6.07) is 6.82. The molecule has 1 aromatic rings. The van der Waals surface area contributed by atoms with Gasteiger partial charge in [0.1, 0.15) is 0 Å². The zero-order valence-corrected chi connectivity index (χ0v) is 7.53. The molecule has 0 N–H and O–H groups in total. The van der Waals surface area contributed by atoms with Gasteiger partial charge in [0.2, 0.25) is 0 Å². The van der Waals surface area contributed by atoms with Gasteiger partial charge < -0.3 is 4.74 Å². The first-order chi connectivity index (χ1) is 6.15. The van der Waals surface area contributed by atoms with Gasteiger partial charge in [0.05, 0.1) is 7.11 Å². The fraction of sp³-hybridized carbons (Fsp3) is 0.200. The normalized spacial score (nSPS) is 9.38. The fourth-order valence-electron chi connectivity index (χ4n) is 0.997. The molecule has 3 heteroatoms. The highest BCUT2D eigenvalue weighted by Gasteiger charge is 2.15. The third kappa shape index (κ3) is 2.15. The number of carbonyl (C=O) groups excluding carboxylic acids is 2. The second-order valence-corrected chi connectivity index (χ2v) is 2.69. The average molecular weight is 178 g/mol. The lowest BCUT2D eigenvalue weighted by Crippen LogP contribution is -2.15. The average Bonchev–Trinajstić information content (AvgIpc) is 2.15. The van der Waals surface area contributed by atoms with Gasteiger partial charge in [0, 0.05) is 5.56 Å². The Morgan fingerprint density at radius 1 is 1.31 bits per heavy atom. The lowest BCUT2D eigenvalue weighted by molar-refractivity contribution is -0.135. The number of carbonyl (C=O) groups is 2. The van der Waals surface area contributed by atoms with Crippen LogP contribution in [0.25, 0.3) is 0 Å². The van der Waals surface area contributed by atoms with Crippen LogP contribution in [-0.2, 0) is 9.53 Å². The van der Waals surface area contributed by atoms with Crippen LogP contribution in [0, 0.1) is 6.92 Å². The van der Waals surface area contributed by atoms with Crippen molar-refractivity contribution >= 4 is 11.8 Å². The Labute approximate surface area is 76.3 Å². The number of esters is 1. The molecule has 0 aliphatic carbocycles. The number of Topliss-reactive ketones (excluding diaryl/α,β-unsaturated/α-hetero) is 1. The van der Waals surface area contributed by atoms with Crippen LogP contribution in [0.4, 0.5) is 0 Å². The Balaban J connectivity index is 2.95. The highest BCUT2D eigenvalue weighted by molar-refractivity contribution is 6.40. The molecule has 0 atom stereocenters. The molecule has 1 rings (SSSR count). The number of benzene rings is 1. The van der Waals surface area contributed by atoms with Gasteiger partial charge in [0.15, 0.2) is 0 Å². The summed E-state index contributed by atoms with van der Waals surface area (Å²) in [5.41, 5.74) is 1.31. The van der Waals surface area contributed by atoms with Gasteiger partial charge in [-0.25, -0.2) is 4.79 Å². The molecule has 0 saturated carbocycles. The molecule has 0 bridgehead atoms. The van der Waals surface area contributed by atoms with Crippen LogP contribution in [0.3, 0.4) is 0 Å². The van der Waals surface area contributed by atoms with Gasteiger partial charge >= 0.3 is 5.97 Å². The van der Waals surface area contributed by atoms with E-state index in [1.165, 1.54) is 7.11 Å². The van der Waals surface area contributed by atoms with E-state index in [4.69, 9.17) is 0 Å². The predicted octanol–water partition coefficient (Wildman–Crippen LogP) is 1.35. The predicted molar refractivity (Wildman–Crippen MR) is 47.5 cm³/mol. The summed E-state index contributed by atoms with van der Waals surface area (Å²) in [7, 11) is 1.19. The number of hydrogen-bond acceptors (Lipinski definition) is 3. The number of hydrogen-bond donors (Lipinski definition) is 0. The zero-order valence-electron chi connectivity index (χ0n) is 7.53. The van der Waals surface area contributed by atoms with Crippen molar-refractivity contribution in [3.8, 4) is 0 Å². The molecule has 0 aliphatic rings. The van der Waals surface area contributed by atoms with Crippen LogP contribution < -0.4 is 0 Å². The van der Waals surface area contributed by atoms with Crippen molar-refractivity contribution in [2.75, 3.05) is 7.11 Å². The quantitative estimate of drug-likeness (QED) is 0.390. The maximum Gasteiger partial charge on any atom is 0.379 e. The van der Waals surface area contributed by atoms with Crippen LogP contribution in [-0.4, -0.2) is 18.9 Å². The summed E-state index contributed by atoms with van der Waals surface area (Å²) in [5, 5.41) is 0. The summed E-state index contributed by atoms with van der Waals surface area (Å²) in [6.07, 6.45) is 0. The van der Waals surface area contributed by atoms with Gasteiger partial charge in [-0.2, -0.15) is 0 Å². The molecule has 0 unspecified atom stereocenters. The van der Waals surface area contributed by atoms with E-state index in [1.54, 1.807) is 18.2 Å². The molecular weight excluding hydrogens is 168 g/mol. The van der Waals surface area contributed by atoms with E-state index in [0.717, 1.165) is 5.56 Å². The minimum absolute atomic E-state index is 0.367. The molecule has 68 valence electrons. The highest BCUT2D eigenvalue weighted by Crippen LogP contribution is 2.05. The molecule has 0 heterocycles. The minimum atomic E-state index is -0.828. The smallest absolute Gasteiger partial charge is 0.379 e. The molecular formula is C10H10O3. The first-order valence-corrected chi connectivity index (χ1v) is 3.84. The lowest BCUT2D eigenvalue weighted by Gasteiger charge is -1.99. The molecule has 1 aromatic carbocycles. The van der Waals surface area contributed by atoms with Gasteiger partial charge in [-0.1, -0.05) is 23.8 Å². The number of ketones is 1. The third-order valence-electron chi connectivity index (χ3n) is 1.65. The summed E-state index contributed by atoms with van der Waals surface area (Å²) in [6.45, 7) is 1.86. The Hall–Kier alpha value is -1.64. The van der Waals surface area contributed by atoms with E-state index in [9.17, 15) is 9.59 Å². The number of methoxy groups -OCH3 is 1. The molecule has 0 fully saturated rings. The van der Waals surface area contributed by atoms with Crippen LogP contribution >= 0.6 is 0 Å². The standard InChI is InChI=1S/C10H10O3/c1-7-4-3-5-8(6-7)9(11)10(12)13-2/h3-6H,1-2H3. The molecule has 0 aromatic heterocycles. The Morgan fingerprint density at radius 3 is 2.54 bits per heavy atom. The van der Waals surface area contributed by atoms with Crippen molar-refractivity contribution < 1.29 is 14.3 Å². The topological polar surface area (TPSA) is 43.4 Å². The second-order valence-electron chi connectivity index (χ2n) is 2.69. The summed E-state index contributed by atoms with van der Waals surface area (Å²) >= 11 is 0. The fourth-order valence-corrected chi connectivity index (χ4v) is 0.997. The maximum atomic E-state index is 11.3. The Morgan fingerprint density at radius 2 is 2.00 bits per heavy atom. The van der Waals surface area contributed by atoms with Gasteiger partial charge in [-0.3, -0.25) is 4.79 Å². The molecule has 0 spiro atoms. The maximum absolute atomic E-state index is 11.3. The van der Waals surface area contributed by atoms with Crippen molar-refractivity contribution in [3.63, 3.8) is 0 Å². The van der Waals surface area contributed by atoms with Crippen molar-refractivity contribution in [3.05, 3.63) is 35.4 Å². The number of aryl methyl sites for hydroxylation is 1. The molecule has 0 amide bonds. The van der Waals surface area contributed by atoms with E-state index in [0.29, 0.717) is 5.56 Å². The number of ether oxygens (including phenoxy) is 1. The SMILES string of the molecule is COC(=O)C(=O)c1cccc(C)c1. The first kappa shape index (κ1) is 9.45. The molecule has 0 radical (unpaired) electrons.